The van der Waals surface area contributed by atoms with E-state index in [4.69, 9.17) is 0 Å². The van der Waals surface area contributed by atoms with Crippen LogP contribution in [0.4, 0.5) is 5.69 Å². The Labute approximate surface area is 190 Å². The topological polar surface area (TPSA) is 104 Å². The Hall–Kier alpha value is -2.71. The van der Waals surface area contributed by atoms with Crippen LogP contribution in [0.25, 0.3) is 0 Å². The van der Waals surface area contributed by atoms with Gasteiger partial charge in [-0.05, 0) is 55.2 Å². The Morgan fingerprint density at radius 1 is 1.06 bits per heavy atom. The molecule has 1 unspecified atom stereocenters. The lowest BCUT2D eigenvalue weighted by Gasteiger charge is -2.13. The van der Waals surface area contributed by atoms with Crippen molar-refractivity contribution >= 4 is 27.5 Å². The molecule has 0 radical (unpaired) electrons. The summed E-state index contributed by atoms with van der Waals surface area (Å²) in [5.41, 5.74) is 1.78. The van der Waals surface area contributed by atoms with Gasteiger partial charge < -0.3 is 10.6 Å². The molecule has 2 aromatic rings. The van der Waals surface area contributed by atoms with Gasteiger partial charge in [-0.2, -0.15) is 0 Å². The lowest BCUT2D eigenvalue weighted by molar-refractivity contribution is -0.119. The molecule has 1 saturated carbocycles. The summed E-state index contributed by atoms with van der Waals surface area (Å²) < 4.78 is 28.1. The molecule has 0 aromatic heterocycles. The number of carbonyl (C=O) groups is 2. The van der Waals surface area contributed by atoms with Gasteiger partial charge in [-0.1, -0.05) is 44.9 Å². The molecule has 3 N–H and O–H groups in total. The van der Waals surface area contributed by atoms with E-state index in [0.29, 0.717) is 5.69 Å². The second kappa shape index (κ2) is 10.7. The summed E-state index contributed by atoms with van der Waals surface area (Å²) in [5, 5.41) is 5.70. The van der Waals surface area contributed by atoms with E-state index in [-0.39, 0.29) is 40.8 Å². The summed E-state index contributed by atoms with van der Waals surface area (Å²) in [7, 11) is -3.66. The fraction of sp³-hybridized carbons (Fsp3) is 0.417. The van der Waals surface area contributed by atoms with Crippen LogP contribution in [0.3, 0.4) is 0 Å². The van der Waals surface area contributed by atoms with Gasteiger partial charge in [0, 0.05) is 29.8 Å². The minimum Gasteiger partial charge on any atom is -0.348 e. The van der Waals surface area contributed by atoms with Crippen LogP contribution in [0.1, 0.15) is 61.9 Å². The van der Waals surface area contributed by atoms with Gasteiger partial charge in [0.2, 0.25) is 15.9 Å². The molecule has 0 spiro atoms. The number of hydrogen-bond acceptors (Lipinski definition) is 4. The Morgan fingerprint density at radius 2 is 1.78 bits per heavy atom. The second-order valence-electron chi connectivity index (χ2n) is 8.31. The molecule has 2 aromatic carbocycles. The molecule has 0 saturated heterocycles. The number of anilines is 1. The zero-order valence-corrected chi connectivity index (χ0v) is 19.4. The Morgan fingerprint density at radius 3 is 2.50 bits per heavy atom. The average Bonchev–Trinajstić information content (AvgIpc) is 3.29. The molecular weight excluding hydrogens is 426 g/mol. The van der Waals surface area contributed by atoms with Crippen molar-refractivity contribution in [2.45, 2.75) is 63.4 Å². The van der Waals surface area contributed by atoms with Crippen LogP contribution in [0.5, 0.6) is 0 Å². The SMILES string of the molecule is CCC(C)C(=O)Nc1cccc(CNC(=O)c2cccc(S(=O)(=O)NC3CCCC3)c2)c1. The predicted molar refractivity (Wildman–Crippen MR) is 125 cm³/mol. The summed E-state index contributed by atoms with van der Waals surface area (Å²) in [4.78, 5) is 24.8. The molecule has 1 atom stereocenters. The van der Waals surface area contributed by atoms with E-state index >= 15 is 0 Å². The summed E-state index contributed by atoms with van der Waals surface area (Å²) >= 11 is 0. The highest BCUT2D eigenvalue weighted by atomic mass is 32.2. The first-order chi connectivity index (χ1) is 15.3. The summed E-state index contributed by atoms with van der Waals surface area (Å²) in [6.45, 7) is 4.08. The summed E-state index contributed by atoms with van der Waals surface area (Å²) in [5.74, 6) is -0.486. The van der Waals surface area contributed by atoms with Gasteiger partial charge in [0.1, 0.15) is 0 Å². The van der Waals surface area contributed by atoms with Gasteiger partial charge in [0.15, 0.2) is 0 Å². The van der Waals surface area contributed by atoms with Gasteiger partial charge in [-0.3, -0.25) is 9.59 Å². The molecule has 8 heteroatoms. The third-order valence-electron chi connectivity index (χ3n) is 5.79. The van der Waals surface area contributed by atoms with E-state index in [0.717, 1.165) is 37.7 Å². The van der Waals surface area contributed by atoms with Crippen LogP contribution in [0, 0.1) is 5.92 Å². The van der Waals surface area contributed by atoms with Gasteiger partial charge in [0.05, 0.1) is 4.90 Å². The maximum absolute atomic E-state index is 12.7. The van der Waals surface area contributed by atoms with E-state index < -0.39 is 10.0 Å². The molecule has 2 amide bonds. The third-order valence-corrected chi connectivity index (χ3v) is 7.31. The van der Waals surface area contributed by atoms with Gasteiger partial charge in [0.25, 0.3) is 5.91 Å². The maximum Gasteiger partial charge on any atom is 0.251 e. The standard InChI is InChI=1S/C24H31N3O4S/c1-3-17(2)23(28)26-21-12-6-8-18(14-21)16-25-24(29)19-9-7-13-22(15-19)32(30,31)27-20-10-4-5-11-20/h6-9,12-15,17,20,27H,3-5,10-11,16H2,1-2H3,(H,25,29)(H,26,28). The van der Waals surface area contributed by atoms with Crippen molar-refractivity contribution < 1.29 is 18.0 Å². The van der Waals surface area contributed by atoms with Crippen LogP contribution < -0.4 is 15.4 Å². The molecule has 0 bridgehead atoms. The van der Waals surface area contributed by atoms with Crippen molar-refractivity contribution in [3.63, 3.8) is 0 Å². The highest BCUT2D eigenvalue weighted by Crippen LogP contribution is 2.21. The predicted octanol–water partition coefficient (Wildman–Crippen LogP) is 3.82. The van der Waals surface area contributed by atoms with Crippen molar-refractivity contribution in [2.75, 3.05) is 5.32 Å². The molecule has 32 heavy (non-hydrogen) atoms. The average molecular weight is 458 g/mol. The number of rotatable bonds is 9. The highest BCUT2D eigenvalue weighted by molar-refractivity contribution is 7.89. The molecule has 1 fully saturated rings. The van der Waals surface area contributed by atoms with Crippen LogP contribution in [-0.4, -0.2) is 26.3 Å². The minimum absolute atomic E-state index is 0.0365. The molecule has 1 aliphatic carbocycles. The fourth-order valence-electron chi connectivity index (χ4n) is 3.63. The van der Waals surface area contributed by atoms with E-state index in [1.165, 1.54) is 12.1 Å². The molecule has 0 heterocycles. The van der Waals surface area contributed by atoms with E-state index in [1.807, 2.05) is 32.0 Å². The maximum atomic E-state index is 12.7. The largest absolute Gasteiger partial charge is 0.348 e. The number of nitrogens with one attached hydrogen (secondary N) is 3. The van der Waals surface area contributed by atoms with Gasteiger partial charge in [-0.15, -0.1) is 0 Å². The van der Waals surface area contributed by atoms with E-state index in [2.05, 4.69) is 15.4 Å². The third kappa shape index (κ3) is 6.40. The van der Waals surface area contributed by atoms with Crippen molar-refractivity contribution in [2.24, 2.45) is 5.92 Å². The minimum atomic E-state index is -3.66. The Balaban J connectivity index is 1.62. The number of hydrogen-bond donors (Lipinski definition) is 3. The summed E-state index contributed by atoms with van der Waals surface area (Å²) in [6.07, 6.45) is 4.50. The highest BCUT2D eigenvalue weighted by Gasteiger charge is 2.23. The van der Waals surface area contributed by atoms with Crippen molar-refractivity contribution in [1.82, 2.24) is 10.0 Å². The number of benzene rings is 2. The van der Waals surface area contributed by atoms with Crippen LogP contribution in [0.15, 0.2) is 53.4 Å². The second-order valence-corrected chi connectivity index (χ2v) is 10.0. The molecule has 1 aliphatic rings. The van der Waals surface area contributed by atoms with Gasteiger partial charge >= 0.3 is 0 Å². The van der Waals surface area contributed by atoms with Crippen LogP contribution >= 0.6 is 0 Å². The normalized spacial score (nSPS) is 15.3. The van der Waals surface area contributed by atoms with E-state index in [1.54, 1.807) is 18.2 Å². The molecular formula is C24H31N3O4S. The first kappa shape index (κ1) is 23.9. The van der Waals surface area contributed by atoms with Crippen molar-refractivity contribution in [3.05, 3.63) is 59.7 Å². The Kier molecular flexibility index (Phi) is 8.04. The fourth-order valence-corrected chi connectivity index (χ4v) is 4.98. The first-order valence-electron chi connectivity index (χ1n) is 11.1. The molecule has 7 nitrogen and oxygen atoms in total. The number of carbonyl (C=O) groups excluding carboxylic acids is 2. The first-order valence-corrected chi connectivity index (χ1v) is 12.6. The molecule has 172 valence electrons. The van der Waals surface area contributed by atoms with Crippen molar-refractivity contribution in [1.29, 1.82) is 0 Å². The smallest absolute Gasteiger partial charge is 0.251 e. The zero-order valence-electron chi connectivity index (χ0n) is 18.6. The van der Waals surface area contributed by atoms with Crippen LogP contribution in [0.2, 0.25) is 0 Å². The van der Waals surface area contributed by atoms with Crippen molar-refractivity contribution in [3.8, 4) is 0 Å². The lowest BCUT2D eigenvalue weighted by atomic mass is 10.1. The lowest BCUT2D eigenvalue weighted by Crippen LogP contribution is -2.32. The quantitative estimate of drug-likeness (QED) is 0.532. The molecule has 3 rings (SSSR count). The molecule has 0 aliphatic heterocycles. The zero-order chi connectivity index (χ0) is 23.1. The van der Waals surface area contributed by atoms with E-state index in [9.17, 15) is 18.0 Å². The van der Waals surface area contributed by atoms with Gasteiger partial charge in [-0.25, -0.2) is 13.1 Å². The monoisotopic (exact) mass is 457 g/mol. The Bertz CT molecular complexity index is 1060. The van der Waals surface area contributed by atoms with Crippen LogP contribution in [-0.2, 0) is 21.4 Å². The summed E-state index contributed by atoms with van der Waals surface area (Å²) in [6, 6.07) is 13.3. The number of sulfonamides is 1. The number of amides is 2.